The number of rotatable bonds is 4. The van der Waals surface area contributed by atoms with E-state index in [0.29, 0.717) is 6.54 Å². The molecule has 2 rings (SSSR count). The van der Waals surface area contributed by atoms with Gasteiger partial charge in [-0.1, -0.05) is 18.0 Å². The predicted octanol–water partition coefficient (Wildman–Crippen LogP) is 2.17. The molecule has 1 atom stereocenters. The van der Waals surface area contributed by atoms with Crippen LogP contribution >= 0.6 is 11.6 Å². The summed E-state index contributed by atoms with van der Waals surface area (Å²) in [4.78, 5) is 13.9. The Labute approximate surface area is 127 Å². The van der Waals surface area contributed by atoms with Crippen molar-refractivity contribution in [3.05, 3.63) is 27.4 Å². The molecule has 2 heterocycles. The van der Waals surface area contributed by atoms with Crippen LogP contribution in [0.1, 0.15) is 26.2 Å². The van der Waals surface area contributed by atoms with Crippen molar-refractivity contribution in [2.24, 2.45) is 0 Å². The van der Waals surface area contributed by atoms with Crippen molar-refractivity contribution in [2.45, 2.75) is 32.2 Å². The van der Waals surface area contributed by atoms with Gasteiger partial charge in [-0.3, -0.25) is 10.1 Å². The third kappa shape index (κ3) is 3.60. The minimum Gasteiger partial charge on any atom is -0.258 e. The highest BCUT2D eigenvalue weighted by atomic mass is 35.5. The van der Waals surface area contributed by atoms with Gasteiger partial charge in [-0.05, 0) is 25.8 Å². The summed E-state index contributed by atoms with van der Waals surface area (Å²) in [6, 6.07) is 2.20. The first-order valence-electron chi connectivity index (χ1n) is 6.42. The van der Waals surface area contributed by atoms with Crippen LogP contribution in [0.25, 0.3) is 0 Å². The molecule has 1 N–H and O–H groups in total. The second-order valence-corrected chi connectivity index (χ2v) is 6.83. The van der Waals surface area contributed by atoms with E-state index in [1.165, 1.54) is 10.4 Å². The molecule has 0 amide bonds. The van der Waals surface area contributed by atoms with Crippen LogP contribution in [0.4, 0.5) is 11.5 Å². The Morgan fingerprint density at radius 3 is 2.81 bits per heavy atom. The molecule has 1 aromatic rings. The summed E-state index contributed by atoms with van der Waals surface area (Å²) in [6.07, 6.45) is 2.48. The van der Waals surface area contributed by atoms with Gasteiger partial charge in [0.25, 0.3) is 0 Å². The number of halogens is 1. The van der Waals surface area contributed by atoms with Gasteiger partial charge in [0, 0.05) is 18.7 Å². The normalized spacial score (nSPS) is 20.2. The highest BCUT2D eigenvalue weighted by Gasteiger charge is 2.31. The van der Waals surface area contributed by atoms with E-state index in [9.17, 15) is 18.5 Å². The van der Waals surface area contributed by atoms with Crippen LogP contribution in [-0.4, -0.2) is 35.2 Å². The fraction of sp³-hybridized carbons (Fsp3) is 0.545. The zero-order valence-electron chi connectivity index (χ0n) is 11.3. The van der Waals surface area contributed by atoms with E-state index < -0.39 is 20.8 Å². The fourth-order valence-electron chi connectivity index (χ4n) is 2.26. The zero-order valence-corrected chi connectivity index (χ0v) is 12.9. The molecular weight excluding hydrogens is 320 g/mol. The van der Waals surface area contributed by atoms with E-state index >= 15 is 0 Å². The summed E-state index contributed by atoms with van der Waals surface area (Å²) >= 11 is 5.68. The molecule has 21 heavy (non-hydrogen) atoms. The maximum absolute atomic E-state index is 12.4. The van der Waals surface area contributed by atoms with Gasteiger partial charge in [-0.2, -0.15) is 12.7 Å². The second kappa shape index (κ2) is 6.12. The van der Waals surface area contributed by atoms with Crippen LogP contribution < -0.4 is 4.72 Å². The van der Waals surface area contributed by atoms with E-state index in [0.717, 1.165) is 25.3 Å². The molecule has 1 aromatic heterocycles. The topological polar surface area (TPSA) is 105 Å². The van der Waals surface area contributed by atoms with E-state index in [-0.39, 0.29) is 17.0 Å². The number of aromatic nitrogens is 1. The lowest BCUT2D eigenvalue weighted by Crippen LogP contribution is -2.45. The lowest BCUT2D eigenvalue weighted by atomic mass is 10.1. The maximum atomic E-state index is 12.4. The minimum atomic E-state index is -3.90. The number of nitrogens with zero attached hydrogens (tertiary/aromatic N) is 3. The molecular formula is C11H15ClN4O4S. The van der Waals surface area contributed by atoms with Gasteiger partial charge in [0.15, 0.2) is 0 Å². The molecule has 0 radical (unpaired) electrons. The largest absolute Gasteiger partial charge is 0.312 e. The average molecular weight is 335 g/mol. The Bertz CT molecular complexity index is 652. The highest BCUT2D eigenvalue weighted by molar-refractivity contribution is 7.90. The number of anilines is 1. The third-order valence-electron chi connectivity index (χ3n) is 3.31. The number of hydrogen-bond acceptors (Lipinski definition) is 5. The van der Waals surface area contributed by atoms with Crippen LogP contribution in [0.15, 0.2) is 12.1 Å². The van der Waals surface area contributed by atoms with Crippen LogP contribution in [-0.2, 0) is 10.2 Å². The zero-order chi connectivity index (χ0) is 15.6. The SMILES string of the molecule is CC1CCCCN1S(=O)(=O)Nc1nc(Cl)ccc1[N+](=O)[O-]. The minimum absolute atomic E-state index is 0.0232. The van der Waals surface area contributed by atoms with Crippen molar-refractivity contribution in [1.82, 2.24) is 9.29 Å². The summed E-state index contributed by atoms with van der Waals surface area (Å²) in [5.74, 6) is -0.370. The van der Waals surface area contributed by atoms with E-state index in [4.69, 9.17) is 11.6 Å². The quantitative estimate of drug-likeness (QED) is 0.516. The first-order chi connectivity index (χ1) is 9.81. The van der Waals surface area contributed by atoms with Crippen molar-refractivity contribution in [3.8, 4) is 0 Å². The van der Waals surface area contributed by atoms with Gasteiger partial charge >= 0.3 is 15.9 Å². The Hall–Kier alpha value is -1.45. The lowest BCUT2D eigenvalue weighted by molar-refractivity contribution is -0.384. The summed E-state index contributed by atoms with van der Waals surface area (Å²) in [6.45, 7) is 2.18. The molecule has 8 nitrogen and oxygen atoms in total. The molecule has 0 bridgehead atoms. The maximum Gasteiger partial charge on any atom is 0.312 e. The molecule has 10 heteroatoms. The first kappa shape index (κ1) is 15.9. The molecule has 0 aromatic carbocycles. The first-order valence-corrected chi connectivity index (χ1v) is 8.23. The van der Waals surface area contributed by atoms with Crippen molar-refractivity contribution in [3.63, 3.8) is 0 Å². The Morgan fingerprint density at radius 1 is 1.48 bits per heavy atom. The number of piperidine rings is 1. The summed E-state index contributed by atoms with van der Waals surface area (Å²) in [5, 5.41) is 10.9. The van der Waals surface area contributed by atoms with Crippen LogP contribution in [0.2, 0.25) is 5.15 Å². The molecule has 0 saturated carbocycles. The van der Waals surface area contributed by atoms with Gasteiger partial charge in [0.05, 0.1) is 4.92 Å². The van der Waals surface area contributed by atoms with Gasteiger partial charge in [-0.25, -0.2) is 9.71 Å². The Kier molecular flexibility index (Phi) is 4.64. The lowest BCUT2D eigenvalue weighted by Gasteiger charge is -2.32. The molecule has 1 aliphatic heterocycles. The van der Waals surface area contributed by atoms with Crippen molar-refractivity contribution in [2.75, 3.05) is 11.3 Å². The van der Waals surface area contributed by atoms with Gasteiger partial charge in [-0.15, -0.1) is 0 Å². The van der Waals surface area contributed by atoms with E-state index in [1.54, 1.807) is 6.92 Å². The monoisotopic (exact) mass is 334 g/mol. The smallest absolute Gasteiger partial charge is 0.258 e. The van der Waals surface area contributed by atoms with Crippen LogP contribution in [0.3, 0.4) is 0 Å². The number of hydrogen-bond donors (Lipinski definition) is 1. The fourth-order valence-corrected chi connectivity index (χ4v) is 3.87. The van der Waals surface area contributed by atoms with Crippen molar-refractivity contribution < 1.29 is 13.3 Å². The molecule has 116 valence electrons. The molecule has 1 unspecified atom stereocenters. The Morgan fingerprint density at radius 2 is 2.19 bits per heavy atom. The standard InChI is InChI=1S/C11H15ClN4O4S/c1-8-4-2-3-7-15(8)21(19,20)14-11-9(16(17)18)5-6-10(12)13-11/h5-6,8H,2-4,7H2,1H3,(H,13,14). The van der Waals surface area contributed by atoms with E-state index in [1.807, 2.05) is 0 Å². The molecule has 0 aliphatic carbocycles. The summed E-state index contributed by atoms with van der Waals surface area (Å²) < 4.78 is 28.2. The molecule has 1 aliphatic rings. The third-order valence-corrected chi connectivity index (χ3v) is 5.13. The number of nitro groups is 1. The van der Waals surface area contributed by atoms with Crippen molar-refractivity contribution in [1.29, 1.82) is 0 Å². The van der Waals surface area contributed by atoms with Gasteiger partial charge < -0.3 is 0 Å². The Balaban J connectivity index is 2.32. The number of pyridine rings is 1. The van der Waals surface area contributed by atoms with Gasteiger partial charge in [0.1, 0.15) is 5.15 Å². The molecule has 1 fully saturated rings. The molecule has 0 spiro atoms. The van der Waals surface area contributed by atoms with Crippen LogP contribution in [0.5, 0.6) is 0 Å². The van der Waals surface area contributed by atoms with Crippen LogP contribution in [0, 0.1) is 10.1 Å². The van der Waals surface area contributed by atoms with E-state index in [2.05, 4.69) is 9.71 Å². The van der Waals surface area contributed by atoms with Gasteiger partial charge in [0.2, 0.25) is 5.82 Å². The number of nitrogens with one attached hydrogen (secondary N) is 1. The second-order valence-electron chi connectivity index (χ2n) is 4.82. The average Bonchev–Trinajstić information content (AvgIpc) is 2.38. The summed E-state index contributed by atoms with van der Waals surface area (Å²) in [7, 11) is -3.90. The molecule has 1 saturated heterocycles. The highest BCUT2D eigenvalue weighted by Crippen LogP contribution is 2.27. The summed E-state index contributed by atoms with van der Waals surface area (Å²) in [5.41, 5.74) is -0.437. The van der Waals surface area contributed by atoms with Crippen molar-refractivity contribution >= 4 is 33.3 Å². The predicted molar refractivity (Wildman–Crippen MR) is 78.5 cm³/mol.